The Balaban J connectivity index is 4.21. The smallest absolute Gasteiger partial charge is 0.254 e. The van der Waals surface area contributed by atoms with Crippen molar-refractivity contribution < 1.29 is 9.59 Å². The van der Waals surface area contributed by atoms with E-state index in [2.05, 4.69) is 39.2 Å². The van der Waals surface area contributed by atoms with Gasteiger partial charge in [0, 0.05) is 45.0 Å². The Morgan fingerprint density at radius 3 is 2.64 bits per heavy atom. The predicted octanol–water partition coefficient (Wildman–Crippen LogP) is 1.06. The topological polar surface area (TPSA) is 86.2 Å². The summed E-state index contributed by atoms with van der Waals surface area (Å²) in [5, 5.41) is 5.97. The average Bonchev–Trinajstić information content (AvgIpc) is 2.62. The van der Waals surface area contributed by atoms with Crippen LogP contribution in [-0.2, 0) is 9.59 Å². The van der Waals surface area contributed by atoms with Gasteiger partial charge in [-0.05, 0) is 33.2 Å². The number of nitrogens with zero attached hydrogens (tertiary/aromatic N) is 3. The van der Waals surface area contributed by atoms with Crippen molar-refractivity contribution in [3.05, 3.63) is 11.8 Å². The van der Waals surface area contributed by atoms with Crippen molar-refractivity contribution in [3.8, 4) is 0 Å². The van der Waals surface area contributed by atoms with E-state index in [4.69, 9.17) is 0 Å². The summed E-state index contributed by atoms with van der Waals surface area (Å²) in [5.74, 6) is -0.200. The highest BCUT2D eigenvalue weighted by molar-refractivity contribution is 6.12. The van der Waals surface area contributed by atoms with Crippen LogP contribution in [0.3, 0.4) is 0 Å². The molecule has 0 radical (unpaired) electrons. The van der Waals surface area contributed by atoms with Crippen LogP contribution in [0.1, 0.15) is 32.6 Å². The van der Waals surface area contributed by atoms with Gasteiger partial charge in [-0.15, -0.1) is 0 Å². The van der Waals surface area contributed by atoms with Gasteiger partial charge < -0.3 is 20.3 Å². The fourth-order valence-electron chi connectivity index (χ4n) is 2.14. The zero-order chi connectivity index (χ0) is 18.8. The molecule has 7 nitrogen and oxygen atoms in total. The molecule has 0 aliphatic carbocycles. The number of carbonyl (C=O) groups is 2. The lowest BCUT2D eigenvalue weighted by Gasteiger charge is -2.18. The summed E-state index contributed by atoms with van der Waals surface area (Å²) in [4.78, 5) is 32.6. The van der Waals surface area contributed by atoms with Crippen molar-refractivity contribution >= 4 is 25.1 Å². The number of rotatable bonds is 16. The molecule has 0 unspecified atom stereocenters. The van der Waals surface area contributed by atoms with E-state index in [0.29, 0.717) is 25.1 Å². The molecule has 142 valence electrons. The summed E-state index contributed by atoms with van der Waals surface area (Å²) in [6.45, 7) is 10.5. The van der Waals surface area contributed by atoms with E-state index in [9.17, 15) is 9.59 Å². The first-order valence-corrected chi connectivity index (χ1v) is 8.94. The lowest BCUT2D eigenvalue weighted by molar-refractivity contribution is -0.117. The maximum atomic E-state index is 12.1. The normalized spacial score (nSPS) is 11.9. The lowest BCUT2D eigenvalue weighted by Crippen LogP contribution is -2.32. The van der Waals surface area contributed by atoms with Gasteiger partial charge in [-0.2, -0.15) is 0 Å². The molecule has 0 aliphatic rings. The molecule has 0 heterocycles. The van der Waals surface area contributed by atoms with Crippen molar-refractivity contribution in [2.24, 2.45) is 9.98 Å². The monoisotopic (exact) mass is 351 g/mol. The summed E-state index contributed by atoms with van der Waals surface area (Å²) in [6, 6.07) is 0. The highest BCUT2D eigenvalue weighted by Gasteiger charge is 2.06. The molecule has 1 amide bonds. The van der Waals surface area contributed by atoms with E-state index in [-0.39, 0.29) is 5.91 Å². The Bertz CT molecular complexity index is 435. The largest absolute Gasteiger partial charge is 0.352 e. The van der Waals surface area contributed by atoms with Crippen LogP contribution >= 0.6 is 0 Å². The highest BCUT2D eigenvalue weighted by Crippen LogP contribution is 1.98. The molecule has 7 heteroatoms. The highest BCUT2D eigenvalue weighted by atomic mass is 16.1. The molecule has 0 bridgehead atoms. The number of amides is 1. The quantitative estimate of drug-likeness (QED) is 0.188. The summed E-state index contributed by atoms with van der Waals surface area (Å²) < 4.78 is 0. The fraction of sp³-hybridized carbons (Fsp3) is 0.667. The number of likely N-dealkylation sites (N-methyl/N-ethyl adjacent to an activating group) is 2. The van der Waals surface area contributed by atoms with Crippen LogP contribution in [0.15, 0.2) is 21.8 Å². The molecular weight excluding hydrogens is 318 g/mol. The van der Waals surface area contributed by atoms with Crippen LogP contribution in [0.25, 0.3) is 0 Å². The van der Waals surface area contributed by atoms with Gasteiger partial charge in [0.25, 0.3) is 5.91 Å². The second-order valence-corrected chi connectivity index (χ2v) is 5.61. The number of aldehydes is 1. The minimum Gasteiger partial charge on any atom is -0.352 e. The van der Waals surface area contributed by atoms with E-state index in [1.165, 1.54) is 6.20 Å². The zero-order valence-corrected chi connectivity index (χ0v) is 15.7. The van der Waals surface area contributed by atoms with Crippen molar-refractivity contribution in [3.63, 3.8) is 0 Å². The Hall–Kier alpha value is -1.86. The van der Waals surface area contributed by atoms with Crippen molar-refractivity contribution in [2.75, 3.05) is 46.3 Å². The number of aliphatic imine (C=N–C) groups is 2. The molecule has 0 aromatic rings. The van der Waals surface area contributed by atoms with Crippen LogP contribution in [0.4, 0.5) is 0 Å². The maximum absolute atomic E-state index is 12.1. The summed E-state index contributed by atoms with van der Waals surface area (Å²) in [5.41, 5.74) is 0.404. The first kappa shape index (κ1) is 23.1. The van der Waals surface area contributed by atoms with Crippen molar-refractivity contribution in [1.82, 2.24) is 15.5 Å². The molecule has 0 spiro atoms. The van der Waals surface area contributed by atoms with Crippen molar-refractivity contribution in [2.45, 2.75) is 32.6 Å². The number of nitrogens with one attached hydrogen (secondary N) is 2. The first-order valence-electron chi connectivity index (χ1n) is 8.94. The zero-order valence-electron chi connectivity index (χ0n) is 15.7. The third-order valence-electron chi connectivity index (χ3n) is 3.68. The minimum atomic E-state index is -0.200. The molecule has 0 saturated carbocycles. The first-order chi connectivity index (χ1) is 12.2. The van der Waals surface area contributed by atoms with Gasteiger partial charge >= 0.3 is 0 Å². The second-order valence-electron chi connectivity index (χ2n) is 5.61. The van der Waals surface area contributed by atoms with Gasteiger partial charge in [0.2, 0.25) is 0 Å². The Kier molecular flexibility index (Phi) is 15.7. The number of carbonyl (C=O) groups excluding carboxylic acids is 2. The van der Waals surface area contributed by atoms with Crippen LogP contribution in [0.5, 0.6) is 0 Å². The molecule has 0 saturated heterocycles. The summed E-state index contributed by atoms with van der Waals surface area (Å²) in [6.07, 6.45) is 7.11. The maximum Gasteiger partial charge on any atom is 0.254 e. The molecule has 0 fully saturated rings. The molecule has 2 N–H and O–H groups in total. The molecule has 0 atom stereocenters. The number of unbranched alkanes of at least 4 members (excludes halogenated alkanes) is 3. The number of hydrogen-bond donors (Lipinski definition) is 2. The standard InChI is InChI=1S/C18H33N5O2/c1-4-23(12-10-19-2)13-11-21-16-17(15-20-3)18(25)22-9-7-5-6-8-14-24/h14-16,19H,3-13H2,1-2H3,(H,22,25)/b17-15+,21-16?. The third kappa shape index (κ3) is 13.1. The third-order valence-corrected chi connectivity index (χ3v) is 3.68. The van der Waals surface area contributed by atoms with Gasteiger partial charge in [-0.25, -0.2) is 0 Å². The Morgan fingerprint density at radius 1 is 1.20 bits per heavy atom. The van der Waals surface area contributed by atoms with Crippen LogP contribution in [-0.4, -0.2) is 76.3 Å². The minimum absolute atomic E-state index is 0.200. The van der Waals surface area contributed by atoms with E-state index in [1.807, 2.05) is 7.05 Å². The average molecular weight is 351 g/mol. The van der Waals surface area contributed by atoms with E-state index < -0.39 is 0 Å². The number of hydrogen-bond acceptors (Lipinski definition) is 6. The molecule has 25 heavy (non-hydrogen) atoms. The Labute approximate surface area is 151 Å². The van der Waals surface area contributed by atoms with Gasteiger partial charge in [0.15, 0.2) is 0 Å². The fourth-order valence-corrected chi connectivity index (χ4v) is 2.14. The van der Waals surface area contributed by atoms with E-state index in [0.717, 1.165) is 51.7 Å². The molecule has 0 aromatic carbocycles. The Morgan fingerprint density at radius 2 is 2.00 bits per heavy atom. The predicted molar refractivity (Wildman–Crippen MR) is 105 cm³/mol. The van der Waals surface area contributed by atoms with Crippen LogP contribution in [0.2, 0.25) is 0 Å². The van der Waals surface area contributed by atoms with Gasteiger partial charge in [-0.3, -0.25) is 14.8 Å². The van der Waals surface area contributed by atoms with Gasteiger partial charge in [0.05, 0.1) is 12.1 Å². The van der Waals surface area contributed by atoms with E-state index >= 15 is 0 Å². The van der Waals surface area contributed by atoms with Crippen molar-refractivity contribution in [1.29, 1.82) is 0 Å². The second kappa shape index (κ2) is 17.0. The van der Waals surface area contributed by atoms with Gasteiger partial charge in [-0.1, -0.05) is 13.3 Å². The molecular formula is C18H33N5O2. The van der Waals surface area contributed by atoms with E-state index in [1.54, 1.807) is 6.21 Å². The van der Waals surface area contributed by atoms with Crippen LogP contribution in [0, 0.1) is 0 Å². The molecule has 0 aliphatic heterocycles. The lowest BCUT2D eigenvalue weighted by atomic mass is 10.2. The summed E-state index contributed by atoms with van der Waals surface area (Å²) in [7, 11) is 1.94. The SMILES string of the molecule is C=N/C=C(\C=NCCN(CC)CCNC)C(=O)NCCCCCC=O. The van der Waals surface area contributed by atoms with Gasteiger partial charge in [0.1, 0.15) is 6.29 Å². The molecule has 0 rings (SSSR count). The molecule has 0 aromatic heterocycles. The summed E-state index contributed by atoms with van der Waals surface area (Å²) >= 11 is 0. The van der Waals surface area contributed by atoms with Crippen LogP contribution < -0.4 is 10.6 Å².